The molecule has 1 aromatic heterocycles. The predicted octanol–water partition coefficient (Wildman–Crippen LogP) is 1.13. The third-order valence-corrected chi connectivity index (χ3v) is 3.78. The van der Waals surface area contributed by atoms with Crippen LogP contribution in [0, 0.1) is 6.92 Å². The Labute approximate surface area is 129 Å². The van der Waals surface area contributed by atoms with Crippen LogP contribution in [0.3, 0.4) is 0 Å². The van der Waals surface area contributed by atoms with E-state index in [0.29, 0.717) is 18.9 Å². The molecule has 2 aromatic rings. The average Bonchev–Trinajstić information content (AvgIpc) is 2.87. The summed E-state index contributed by atoms with van der Waals surface area (Å²) in [7, 11) is 0. The number of carbonyl (C=O) groups is 1. The summed E-state index contributed by atoms with van der Waals surface area (Å²) in [5.41, 5.74) is 2.50. The molecule has 1 aliphatic heterocycles. The Kier molecular flexibility index (Phi) is 4.70. The molecule has 0 bridgehead atoms. The van der Waals surface area contributed by atoms with Crippen LogP contribution >= 0.6 is 0 Å². The maximum atomic E-state index is 12.0. The van der Waals surface area contributed by atoms with Crippen molar-refractivity contribution >= 4 is 17.0 Å². The van der Waals surface area contributed by atoms with Gasteiger partial charge in [-0.3, -0.25) is 9.69 Å². The number of aromatic nitrogens is 1. The molecule has 6 nitrogen and oxygen atoms in total. The average molecular weight is 303 g/mol. The summed E-state index contributed by atoms with van der Waals surface area (Å²) in [6.07, 6.45) is 0.360. The molecule has 1 aromatic carbocycles. The third kappa shape index (κ3) is 3.84. The zero-order valence-electron chi connectivity index (χ0n) is 12.8. The molecule has 0 aliphatic carbocycles. The number of nitrogens with one attached hydrogen (secondary N) is 1. The fraction of sp³-hybridized carbons (Fsp3) is 0.500. The number of rotatable bonds is 5. The van der Waals surface area contributed by atoms with Crippen LogP contribution in [0.2, 0.25) is 0 Å². The Hall–Kier alpha value is -1.92. The molecule has 0 atom stereocenters. The standard InChI is InChI=1S/C16H21N3O3/c1-12-18-14-3-2-13(10-15(14)22-12)11-16(20)17-4-5-19-6-8-21-9-7-19/h2-3,10H,4-9,11H2,1H3,(H,17,20). The van der Waals surface area contributed by atoms with Crippen LogP contribution in [0.1, 0.15) is 11.5 Å². The number of oxazole rings is 1. The molecule has 3 rings (SSSR count). The summed E-state index contributed by atoms with van der Waals surface area (Å²) in [6.45, 7) is 6.81. The molecular formula is C16H21N3O3. The van der Waals surface area contributed by atoms with E-state index in [-0.39, 0.29) is 5.91 Å². The number of carbonyl (C=O) groups excluding carboxylic acids is 1. The molecular weight excluding hydrogens is 282 g/mol. The topological polar surface area (TPSA) is 67.6 Å². The SMILES string of the molecule is Cc1nc2ccc(CC(=O)NCCN3CCOCC3)cc2o1. The van der Waals surface area contributed by atoms with E-state index in [1.165, 1.54) is 0 Å². The van der Waals surface area contributed by atoms with Crippen molar-refractivity contribution in [2.45, 2.75) is 13.3 Å². The Bertz CT molecular complexity index is 647. The highest BCUT2D eigenvalue weighted by atomic mass is 16.5. The van der Waals surface area contributed by atoms with E-state index in [1.54, 1.807) is 0 Å². The zero-order valence-corrected chi connectivity index (χ0v) is 12.8. The fourth-order valence-corrected chi connectivity index (χ4v) is 2.62. The minimum absolute atomic E-state index is 0.0313. The minimum atomic E-state index is 0.0313. The van der Waals surface area contributed by atoms with E-state index in [4.69, 9.17) is 9.15 Å². The molecule has 1 N–H and O–H groups in total. The number of hydrogen-bond donors (Lipinski definition) is 1. The second kappa shape index (κ2) is 6.89. The van der Waals surface area contributed by atoms with Gasteiger partial charge in [0.15, 0.2) is 11.5 Å². The van der Waals surface area contributed by atoms with Gasteiger partial charge in [0.05, 0.1) is 19.6 Å². The van der Waals surface area contributed by atoms with Crippen molar-refractivity contribution in [3.05, 3.63) is 29.7 Å². The first-order valence-electron chi connectivity index (χ1n) is 7.63. The van der Waals surface area contributed by atoms with Crippen LogP contribution in [0.5, 0.6) is 0 Å². The molecule has 0 saturated carbocycles. The minimum Gasteiger partial charge on any atom is -0.441 e. The summed E-state index contributed by atoms with van der Waals surface area (Å²) < 4.78 is 10.8. The Balaban J connectivity index is 1.47. The number of ether oxygens (including phenoxy) is 1. The number of morpholine rings is 1. The van der Waals surface area contributed by atoms with Crippen molar-refractivity contribution < 1.29 is 13.9 Å². The third-order valence-electron chi connectivity index (χ3n) is 3.78. The van der Waals surface area contributed by atoms with Crippen molar-refractivity contribution in [3.63, 3.8) is 0 Å². The van der Waals surface area contributed by atoms with Crippen LogP contribution in [0.4, 0.5) is 0 Å². The molecule has 2 heterocycles. The molecule has 0 unspecified atom stereocenters. The van der Waals surface area contributed by atoms with Crippen LogP contribution in [-0.4, -0.2) is 55.2 Å². The summed E-state index contributed by atoms with van der Waals surface area (Å²) in [5, 5.41) is 2.96. The maximum absolute atomic E-state index is 12.0. The predicted molar refractivity (Wildman–Crippen MR) is 82.7 cm³/mol. The van der Waals surface area contributed by atoms with E-state index in [2.05, 4.69) is 15.2 Å². The molecule has 0 spiro atoms. The number of aryl methyl sites for hydroxylation is 1. The quantitative estimate of drug-likeness (QED) is 0.897. The van der Waals surface area contributed by atoms with Crippen molar-refractivity contribution in [3.8, 4) is 0 Å². The van der Waals surface area contributed by atoms with Crippen LogP contribution in [0.25, 0.3) is 11.1 Å². The molecule has 1 amide bonds. The molecule has 6 heteroatoms. The second-order valence-electron chi connectivity index (χ2n) is 5.52. The van der Waals surface area contributed by atoms with Crippen molar-refractivity contribution in [1.82, 2.24) is 15.2 Å². The van der Waals surface area contributed by atoms with Gasteiger partial charge >= 0.3 is 0 Å². The lowest BCUT2D eigenvalue weighted by atomic mass is 10.1. The fourth-order valence-electron chi connectivity index (χ4n) is 2.62. The summed E-state index contributed by atoms with van der Waals surface area (Å²) in [4.78, 5) is 18.5. The number of nitrogens with zero attached hydrogens (tertiary/aromatic N) is 2. The highest BCUT2D eigenvalue weighted by Gasteiger charge is 2.11. The second-order valence-corrected chi connectivity index (χ2v) is 5.52. The Morgan fingerprint density at radius 2 is 2.18 bits per heavy atom. The van der Waals surface area contributed by atoms with Gasteiger partial charge in [0.1, 0.15) is 5.52 Å². The van der Waals surface area contributed by atoms with Crippen molar-refractivity contribution in [1.29, 1.82) is 0 Å². The van der Waals surface area contributed by atoms with Crippen molar-refractivity contribution in [2.75, 3.05) is 39.4 Å². The van der Waals surface area contributed by atoms with Crippen LogP contribution in [0.15, 0.2) is 22.6 Å². The van der Waals surface area contributed by atoms with E-state index < -0.39 is 0 Å². The summed E-state index contributed by atoms with van der Waals surface area (Å²) in [6, 6.07) is 5.70. The first-order valence-corrected chi connectivity index (χ1v) is 7.63. The largest absolute Gasteiger partial charge is 0.441 e. The van der Waals surface area contributed by atoms with Gasteiger partial charge in [0.25, 0.3) is 0 Å². The van der Waals surface area contributed by atoms with Gasteiger partial charge in [-0.15, -0.1) is 0 Å². The molecule has 1 saturated heterocycles. The normalized spacial score (nSPS) is 16.0. The van der Waals surface area contributed by atoms with Gasteiger partial charge in [0, 0.05) is 33.1 Å². The number of benzene rings is 1. The van der Waals surface area contributed by atoms with Gasteiger partial charge in [-0.05, 0) is 17.7 Å². The van der Waals surface area contributed by atoms with Crippen LogP contribution < -0.4 is 5.32 Å². The van der Waals surface area contributed by atoms with E-state index in [1.807, 2.05) is 25.1 Å². The van der Waals surface area contributed by atoms with Gasteiger partial charge in [-0.1, -0.05) is 6.07 Å². The van der Waals surface area contributed by atoms with Crippen LogP contribution in [-0.2, 0) is 16.0 Å². The molecule has 1 fully saturated rings. The lowest BCUT2D eigenvalue weighted by Gasteiger charge is -2.26. The van der Waals surface area contributed by atoms with Gasteiger partial charge in [-0.2, -0.15) is 0 Å². The molecule has 118 valence electrons. The van der Waals surface area contributed by atoms with Gasteiger partial charge < -0.3 is 14.5 Å². The van der Waals surface area contributed by atoms with Gasteiger partial charge in [0.2, 0.25) is 5.91 Å². The summed E-state index contributed by atoms with van der Waals surface area (Å²) >= 11 is 0. The van der Waals surface area contributed by atoms with Gasteiger partial charge in [-0.25, -0.2) is 4.98 Å². The first kappa shape index (κ1) is 15.0. The molecule has 0 radical (unpaired) electrons. The Morgan fingerprint density at radius 3 is 3.00 bits per heavy atom. The summed E-state index contributed by atoms with van der Waals surface area (Å²) in [5.74, 6) is 0.672. The zero-order chi connectivity index (χ0) is 15.4. The Morgan fingerprint density at radius 1 is 1.36 bits per heavy atom. The highest BCUT2D eigenvalue weighted by molar-refractivity contribution is 5.81. The number of amides is 1. The lowest BCUT2D eigenvalue weighted by molar-refractivity contribution is -0.120. The highest BCUT2D eigenvalue weighted by Crippen LogP contribution is 2.17. The van der Waals surface area contributed by atoms with Crippen molar-refractivity contribution in [2.24, 2.45) is 0 Å². The monoisotopic (exact) mass is 303 g/mol. The lowest BCUT2D eigenvalue weighted by Crippen LogP contribution is -2.41. The molecule has 1 aliphatic rings. The number of fused-ring (bicyclic) bond motifs is 1. The maximum Gasteiger partial charge on any atom is 0.224 e. The number of hydrogen-bond acceptors (Lipinski definition) is 5. The van der Waals surface area contributed by atoms with E-state index >= 15 is 0 Å². The smallest absolute Gasteiger partial charge is 0.224 e. The van der Waals surface area contributed by atoms with E-state index in [0.717, 1.165) is 49.5 Å². The first-order chi connectivity index (χ1) is 10.7. The molecule has 22 heavy (non-hydrogen) atoms. The van der Waals surface area contributed by atoms with E-state index in [9.17, 15) is 4.79 Å².